The Bertz CT molecular complexity index is 646. The molecule has 0 aliphatic heterocycles. The van der Waals surface area contributed by atoms with Crippen LogP contribution in [0.15, 0.2) is 42.7 Å². The van der Waals surface area contributed by atoms with Gasteiger partial charge < -0.3 is 10.1 Å². The number of hydrogen-bond donors (Lipinski definition) is 1. The largest absolute Gasteiger partial charge is 0.496 e. The van der Waals surface area contributed by atoms with Crippen molar-refractivity contribution in [1.29, 1.82) is 0 Å². The van der Waals surface area contributed by atoms with E-state index in [1.54, 1.807) is 19.5 Å². The van der Waals surface area contributed by atoms with E-state index in [1.165, 1.54) is 0 Å². The maximum atomic E-state index is 12.5. The summed E-state index contributed by atoms with van der Waals surface area (Å²) in [5.41, 5.74) is 2.65. The molecule has 1 aromatic heterocycles. The van der Waals surface area contributed by atoms with E-state index in [0.717, 1.165) is 11.1 Å². The van der Waals surface area contributed by atoms with Crippen LogP contribution in [0.4, 0.5) is 0 Å². The summed E-state index contributed by atoms with van der Waals surface area (Å²) in [7, 11) is 1.58. The van der Waals surface area contributed by atoms with Gasteiger partial charge in [-0.15, -0.1) is 0 Å². The summed E-state index contributed by atoms with van der Waals surface area (Å²) >= 11 is 0. The molecule has 1 amide bonds. The molecule has 0 fully saturated rings. The predicted molar refractivity (Wildman–Crippen MR) is 87.1 cm³/mol. The van der Waals surface area contributed by atoms with Gasteiger partial charge in [-0.05, 0) is 40.8 Å². The lowest BCUT2D eigenvalue weighted by atomic mass is 9.86. The number of benzene rings is 1. The maximum absolute atomic E-state index is 12.5. The summed E-state index contributed by atoms with van der Waals surface area (Å²) < 4.78 is 5.32. The second-order valence-corrected chi connectivity index (χ2v) is 6.20. The van der Waals surface area contributed by atoms with Crippen molar-refractivity contribution < 1.29 is 9.53 Å². The Morgan fingerprint density at radius 2 is 1.86 bits per heavy atom. The number of ether oxygens (including phenoxy) is 1. The maximum Gasteiger partial charge on any atom is 0.255 e. The van der Waals surface area contributed by atoms with Gasteiger partial charge >= 0.3 is 0 Å². The average molecular weight is 298 g/mol. The van der Waals surface area contributed by atoms with Gasteiger partial charge in [-0.1, -0.05) is 26.8 Å². The summed E-state index contributed by atoms with van der Waals surface area (Å²) in [6.45, 7) is 6.82. The van der Waals surface area contributed by atoms with Gasteiger partial charge in [0.1, 0.15) is 5.75 Å². The second-order valence-electron chi connectivity index (χ2n) is 6.20. The van der Waals surface area contributed by atoms with Crippen LogP contribution in [0, 0.1) is 0 Å². The molecule has 1 N–H and O–H groups in total. The molecule has 2 rings (SSSR count). The topological polar surface area (TPSA) is 51.2 Å². The molecule has 0 unspecified atom stereocenters. The Hall–Kier alpha value is -2.36. The number of pyridine rings is 1. The molecule has 0 aliphatic rings. The number of aromatic nitrogens is 1. The summed E-state index contributed by atoms with van der Waals surface area (Å²) in [6, 6.07) is 9.51. The number of rotatable bonds is 4. The second kappa shape index (κ2) is 6.60. The minimum Gasteiger partial charge on any atom is -0.496 e. The van der Waals surface area contributed by atoms with Gasteiger partial charge in [0.25, 0.3) is 5.91 Å². The fourth-order valence-electron chi connectivity index (χ4n) is 2.13. The molecule has 4 nitrogen and oxygen atoms in total. The van der Waals surface area contributed by atoms with Crippen molar-refractivity contribution in [1.82, 2.24) is 10.3 Å². The van der Waals surface area contributed by atoms with E-state index in [9.17, 15) is 4.79 Å². The lowest BCUT2D eigenvalue weighted by molar-refractivity contribution is 0.0947. The normalized spacial score (nSPS) is 11.1. The van der Waals surface area contributed by atoms with Crippen molar-refractivity contribution in [2.24, 2.45) is 0 Å². The van der Waals surface area contributed by atoms with Crippen LogP contribution in [0.1, 0.15) is 42.3 Å². The summed E-state index contributed by atoms with van der Waals surface area (Å²) in [5.74, 6) is 0.444. The Labute approximate surface area is 131 Å². The van der Waals surface area contributed by atoms with E-state index in [-0.39, 0.29) is 11.3 Å². The first-order valence-electron chi connectivity index (χ1n) is 7.27. The van der Waals surface area contributed by atoms with E-state index in [4.69, 9.17) is 4.74 Å². The van der Waals surface area contributed by atoms with Crippen molar-refractivity contribution in [2.45, 2.75) is 32.7 Å². The zero-order valence-electron chi connectivity index (χ0n) is 13.5. The Morgan fingerprint density at radius 3 is 2.45 bits per heavy atom. The van der Waals surface area contributed by atoms with Crippen LogP contribution in [-0.4, -0.2) is 18.0 Å². The lowest BCUT2D eigenvalue weighted by Crippen LogP contribution is -2.24. The molecular formula is C18H22N2O2. The van der Waals surface area contributed by atoms with Crippen LogP contribution in [-0.2, 0) is 12.0 Å². The third-order valence-electron chi connectivity index (χ3n) is 3.51. The fraction of sp³-hybridized carbons (Fsp3) is 0.333. The highest BCUT2D eigenvalue weighted by Crippen LogP contribution is 2.27. The number of methoxy groups -OCH3 is 1. The van der Waals surface area contributed by atoms with E-state index >= 15 is 0 Å². The number of hydrogen-bond acceptors (Lipinski definition) is 3. The Balaban J connectivity index is 2.20. The third kappa shape index (κ3) is 3.85. The van der Waals surface area contributed by atoms with E-state index in [2.05, 4.69) is 31.1 Å². The molecule has 22 heavy (non-hydrogen) atoms. The molecule has 4 heteroatoms. The van der Waals surface area contributed by atoms with Gasteiger partial charge in [0.15, 0.2) is 0 Å². The minimum absolute atomic E-state index is 0.0214. The Morgan fingerprint density at radius 1 is 1.18 bits per heavy atom. The van der Waals surface area contributed by atoms with Gasteiger partial charge in [0.05, 0.1) is 12.7 Å². The van der Waals surface area contributed by atoms with E-state index in [1.807, 2.05) is 30.3 Å². The monoisotopic (exact) mass is 298 g/mol. The average Bonchev–Trinajstić information content (AvgIpc) is 2.52. The van der Waals surface area contributed by atoms with Crippen LogP contribution < -0.4 is 10.1 Å². The quantitative estimate of drug-likeness (QED) is 0.942. The third-order valence-corrected chi connectivity index (χ3v) is 3.51. The van der Waals surface area contributed by atoms with E-state index in [0.29, 0.717) is 17.9 Å². The zero-order valence-corrected chi connectivity index (χ0v) is 13.5. The van der Waals surface area contributed by atoms with Crippen LogP contribution in [0.2, 0.25) is 0 Å². The highest BCUT2D eigenvalue weighted by atomic mass is 16.5. The summed E-state index contributed by atoms with van der Waals surface area (Å²) in [4.78, 5) is 16.4. The predicted octanol–water partition coefficient (Wildman–Crippen LogP) is 3.32. The molecule has 0 saturated heterocycles. The van der Waals surface area contributed by atoms with Crippen molar-refractivity contribution in [3.63, 3.8) is 0 Å². The summed E-state index contributed by atoms with van der Waals surface area (Å²) in [5, 5.41) is 2.92. The van der Waals surface area contributed by atoms with Crippen LogP contribution in [0.25, 0.3) is 0 Å². The first-order valence-corrected chi connectivity index (χ1v) is 7.27. The Kier molecular flexibility index (Phi) is 4.81. The number of nitrogens with one attached hydrogen (secondary N) is 1. The standard InChI is InChI=1S/C18H22N2O2/c1-18(2,3)14-5-6-16(22-4)15(11-14)17(21)20-12-13-7-9-19-10-8-13/h5-11H,12H2,1-4H3,(H,20,21). The molecule has 1 aromatic carbocycles. The number of amides is 1. The van der Waals surface area contributed by atoms with Gasteiger partial charge in [-0.2, -0.15) is 0 Å². The van der Waals surface area contributed by atoms with Crippen molar-refractivity contribution in [2.75, 3.05) is 7.11 Å². The van der Waals surface area contributed by atoms with Gasteiger partial charge in [-0.3, -0.25) is 9.78 Å². The van der Waals surface area contributed by atoms with Crippen molar-refractivity contribution in [3.8, 4) is 5.75 Å². The molecule has 116 valence electrons. The smallest absolute Gasteiger partial charge is 0.255 e. The first-order chi connectivity index (χ1) is 10.4. The van der Waals surface area contributed by atoms with Gasteiger partial charge in [-0.25, -0.2) is 0 Å². The number of nitrogens with zero attached hydrogens (tertiary/aromatic N) is 1. The fourth-order valence-corrected chi connectivity index (χ4v) is 2.13. The van der Waals surface area contributed by atoms with Crippen molar-refractivity contribution >= 4 is 5.91 Å². The zero-order chi connectivity index (χ0) is 16.2. The first kappa shape index (κ1) is 16.0. The van der Waals surface area contributed by atoms with Crippen LogP contribution >= 0.6 is 0 Å². The number of carbonyl (C=O) groups is 1. The molecule has 0 spiro atoms. The number of carbonyl (C=O) groups excluding carboxylic acids is 1. The summed E-state index contributed by atoms with van der Waals surface area (Å²) in [6.07, 6.45) is 3.42. The molecule has 0 atom stereocenters. The molecular weight excluding hydrogens is 276 g/mol. The minimum atomic E-state index is -0.139. The molecule has 0 aliphatic carbocycles. The van der Waals surface area contributed by atoms with Crippen LogP contribution in [0.3, 0.4) is 0 Å². The van der Waals surface area contributed by atoms with Crippen LogP contribution in [0.5, 0.6) is 5.75 Å². The molecule has 1 heterocycles. The van der Waals surface area contributed by atoms with Gasteiger partial charge in [0, 0.05) is 18.9 Å². The van der Waals surface area contributed by atoms with Gasteiger partial charge in [0.2, 0.25) is 0 Å². The molecule has 0 bridgehead atoms. The molecule has 0 saturated carbocycles. The highest BCUT2D eigenvalue weighted by Gasteiger charge is 2.19. The lowest BCUT2D eigenvalue weighted by Gasteiger charge is -2.21. The van der Waals surface area contributed by atoms with Crippen molar-refractivity contribution in [3.05, 3.63) is 59.4 Å². The SMILES string of the molecule is COc1ccc(C(C)(C)C)cc1C(=O)NCc1ccncc1. The molecule has 0 radical (unpaired) electrons. The highest BCUT2D eigenvalue weighted by molar-refractivity contribution is 5.97. The van der Waals surface area contributed by atoms with E-state index < -0.39 is 0 Å². The molecule has 2 aromatic rings.